The van der Waals surface area contributed by atoms with Gasteiger partial charge in [-0.05, 0) is 0 Å². The summed E-state index contributed by atoms with van der Waals surface area (Å²) in [6.45, 7) is 6.44. The van der Waals surface area contributed by atoms with Crippen LogP contribution in [0.25, 0.3) is 0 Å². The van der Waals surface area contributed by atoms with E-state index in [0.717, 1.165) is 12.2 Å². The standard InChI is InChI=1S/C12H6Cl4O4/c1-3-5(17)19-11-7(13)9(15)12(10(16)8(11)14)20-6(18)4-2/h3-4H,1-2H2. The molecule has 0 spiro atoms. The number of esters is 2. The zero-order chi connectivity index (χ0) is 15.4. The van der Waals surface area contributed by atoms with E-state index in [4.69, 9.17) is 55.9 Å². The fraction of sp³-hybridized carbons (Fsp3) is 0. The fourth-order valence-corrected chi connectivity index (χ4v) is 2.03. The van der Waals surface area contributed by atoms with Crippen LogP contribution in [0.4, 0.5) is 0 Å². The molecule has 0 saturated carbocycles. The van der Waals surface area contributed by atoms with Crippen LogP contribution in [0.5, 0.6) is 11.5 Å². The predicted molar refractivity (Wildman–Crippen MR) is 78.1 cm³/mol. The molecule has 0 fully saturated rings. The molecule has 1 aromatic rings. The maximum absolute atomic E-state index is 11.2. The smallest absolute Gasteiger partial charge is 0.335 e. The average Bonchev–Trinajstić information content (AvgIpc) is 2.45. The zero-order valence-electron chi connectivity index (χ0n) is 9.71. The van der Waals surface area contributed by atoms with Gasteiger partial charge in [-0.25, -0.2) is 9.59 Å². The maximum atomic E-state index is 11.2. The van der Waals surface area contributed by atoms with Gasteiger partial charge in [0.05, 0.1) is 0 Å². The van der Waals surface area contributed by atoms with Crippen LogP contribution in [0.3, 0.4) is 0 Å². The van der Waals surface area contributed by atoms with Gasteiger partial charge in [-0.15, -0.1) is 0 Å². The van der Waals surface area contributed by atoms with Gasteiger partial charge in [-0.3, -0.25) is 0 Å². The summed E-state index contributed by atoms with van der Waals surface area (Å²) in [5.74, 6) is -2.13. The summed E-state index contributed by atoms with van der Waals surface area (Å²) >= 11 is 23.6. The number of hydrogen-bond acceptors (Lipinski definition) is 4. The Morgan fingerprint density at radius 1 is 0.750 bits per heavy atom. The van der Waals surface area contributed by atoms with Gasteiger partial charge in [0.1, 0.15) is 20.1 Å². The maximum Gasteiger partial charge on any atom is 0.335 e. The lowest BCUT2D eigenvalue weighted by molar-refractivity contribution is -0.130. The van der Waals surface area contributed by atoms with Crippen molar-refractivity contribution in [2.75, 3.05) is 0 Å². The second-order valence-electron chi connectivity index (χ2n) is 3.16. The van der Waals surface area contributed by atoms with Crippen LogP contribution in [-0.4, -0.2) is 11.9 Å². The first-order chi connectivity index (χ1) is 9.33. The summed E-state index contributed by atoms with van der Waals surface area (Å²) in [7, 11) is 0. The molecule has 0 aliphatic rings. The van der Waals surface area contributed by atoms with Gasteiger partial charge < -0.3 is 9.47 Å². The summed E-state index contributed by atoms with van der Waals surface area (Å²) in [5.41, 5.74) is 0. The van der Waals surface area contributed by atoms with Crippen LogP contribution in [0.1, 0.15) is 0 Å². The van der Waals surface area contributed by atoms with Crippen molar-refractivity contribution in [1.82, 2.24) is 0 Å². The largest absolute Gasteiger partial charge is 0.420 e. The zero-order valence-corrected chi connectivity index (χ0v) is 12.7. The number of carbonyl (C=O) groups is 2. The second-order valence-corrected chi connectivity index (χ2v) is 4.68. The van der Waals surface area contributed by atoms with Gasteiger partial charge in [0.2, 0.25) is 0 Å². The summed E-state index contributed by atoms with van der Waals surface area (Å²) in [6.07, 6.45) is 1.81. The van der Waals surface area contributed by atoms with Crippen molar-refractivity contribution in [2.24, 2.45) is 0 Å². The van der Waals surface area contributed by atoms with Crippen molar-refractivity contribution in [2.45, 2.75) is 0 Å². The Labute approximate surface area is 134 Å². The quantitative estimate of drug-likeness (QED) is 0.345. The minimum Gasteiger partial charge on any atom is -0.420 e. The van der Waals surface area contributed by atoms with Crippen LogP contribution < -0.4 is 9.47 Å². The highest BCUT2D eigenvalue weighted by Gasteiger charge is 2.25. The molecule has 8 heteroatoms. The molecule has 0 amide bonds. The molecule has 0 atom stereocenters. The molecule has 4 nitrogen and oxygen atoms in total. The number of ether oxygens (including phenoxy) is 2. The predicted octanol–water partition coefficient (Wildman–Crippen LogP) is 4.48. The topological polar surface area (TPSA) is 52.6 Å². The first kappa shape index (κ1) is 16.9. The molecule has 106 valence electrons. The molecule has 0 saturated heterocycles. The molecule has 0 radical (unpaired) electrons. The Bertz CT molecular complexity index is 528. The van der Waals surface area contributed by atoms with Gasteiger partial charge in [-0.1, -0.05) is 59.6 Å². The molecule has 0 aliphatic heterocycles. The van der Waals surface area contributed by atoms with Crippen LogP contribution >= 0.6 is 46.4 Å². The van der Waals surface area contributed by atoms with Crippen LogP contribution in [0, 0.1) is 0 Å². The molecule has 0 heterocycles. The molecule has 20 heavy (non-hydrogen) atoms. The number of rotatable bonds is 4. The summed E-state index contributed by atoms with van der Waals surface area (Å²) < 4.78 is 9.65. The van der Waals surface area contributed by atoms with E-state index >= 15 is 0 Å². The molecular formula is C12H6Cl4O4. The normalized spacial score (nSPS) is 9.80. The van der Waals surface area contributed by atoms with E-state index in [0.29, 0.717) is 0 Å². The first-order valence-corrected chi connectivity index (χ1v) is 6.39. The second kappa shape index (κ2) is 6.99. The van der Waals surface area contributed by atoms with Crippen molar-refractivity contribution >= 4 is 58.3 Å². The van der Waals surface area contributed by atoms with E-state index < -0.39 is 11.9 Å². The SMILES string of the molecule is C=CC(=O)Oc1c(Cl)c(Cl)c(OC(=O)C=C)c(Cl)c1Cl. The molecule has 0 aliphatic carbocycles. The number of halogens is 4. The highest BCUT2D eigenvalue weighted by atomic mass is 35.5. The Hall–Kier alpha value is -1.20. The lowest BCUT2D eigenvalue weighted by Crippen LogP contribution is -2.07. The number of benzene rings is 1. The van der Waals surface area contributed by atoms with Crippen molar-refractivity contribution in [3.63, 3.8) is 0 Å². The molecule has 0 bridgehead atoms. The van der Waals surface area contributed by atoms with Crippen molar-refractivity contribution in [3.05, 3.63) is 45.4 Å². The highest BCUT2D eigenvalue weighted by molar-refractivity contribution is 6.50. The van der Waals surface area contributed by atoms with E-state index in [1.807, 2.05) is 0 Å². The lowest BCUT2D eigenvalue weighted by Gasteiger charge is -2.13. The summed E-state index contributed by atoms with van der Waals surface area (Å²) in [5, 5.41) is -0.933. The molecule has 0 aromatic heterocycles. The van der Waals surface area contributed by atoms with Crippen molar-refractivity contribution in [3.8, 4) is 11.5 Å². The minimum atomic E-state index is -0.809. The van der Waals surface area contributed by atoms with E-state index in [-0.39, 0.29) is 31.6 Å². The molecule has 1 rings (SSSR count). The van der Waals surface area contributed by atoms with Gasteiger partial charge in [0.25, 0.3) is 0 Å². The number of carbonyl (C=O) groups excluding carboxylic acids is 2. The highest BCUT2D eigenvalue weighted by Crippen LogP contribution is 2.50. The molecule has 0 unspecified atom stereocenters. The summed E-state index contributed by atoms with van der Waals surface area (Å²) in [4.78, 5) is 22.3. The Kier molecular flexibility index (Phi) is 5.89. The van der Waals surface area contributed by atoms with E-state index in [2.05, 4.69) is 13.2 Å². The van der Waals surface area contributed by atoms with Crippen LogP contribution in [0.2, 0.25) is 20.1 Å². The lowest BCUT2D eigenvalue weighted by atomic mass is 10.3. The third-order valence-electron chi connectivity index (χ3n) is 1.92. The van der Waals surface area contributed by atoms with E-state index in [1.54, 1.807) is 0 Å². The van der Waals surface area contributed by atoms with Gasteiger partial charge >= 0.3 is 11.9 Å². The van der Waals surface area contributed by atoms with Crippen molar-refractivity contribution in [1.29, 1.82) is 0 Å². The van der Waals surface area contributed by atoms with Crippen LogP contribution in [-0.2, 0) is 9.59 Å². The Balaban J connectivity index is 3.40. The minimum absolute atomic E-state index is 0.233. The van der Waals surface area contributed by atoms with E-state index in [1.165, 1.54) is 0 Å². The number of hydrogen-bond donors (Lipinski definition) is 0. The van der Waals surface area contributed by atoms with Gasteiger partial charge in [-0.2, -0.15) is 0 Å². The third kappa shape index (κ3) is 3.46. The third-order valence-corrected chi connectivity index (χ3v) is 3.56. The summed E-state index contributed by atoms with van der Waals surface area (Å²) in [6, 6.07) is 0. The van der Waals surface area contributed by atoms with Gasteiger partial charge in [0, 0.05) is 12.2 Å². The monoisotopic (exact) mass is 354 g/mol. The first-order valence-electron chi connectivity index (χ1n) is 4.87. The van der Waals surface area contributed by atoms with Crippen molar-refractivity contribution < 1.29 is 19.1 Å². The molecular weight excluding hydrogens is 350 g/mol. The van der Waals surface area contributed by atoms with Crippen LogP contribution in [0.15, 0.2) is 25.3 Å². The molecule has 1 aromatic carbocycles. The fourth-order valence-electron chi connectivity index (χ4n) is 1.06. The Morgan fingerprint density at radius 3 is 1.20 bits per heavy atom. The van der Waals surface area contributed by atoms with Gasteiger partial charge in [0.15, 0.2) is 11.5 Å². The van der Waals surface area contributed by atoms with E-state index in [9.17, 15) is 9.59 Å². The average molecular weight is 356 g/mol. The molecule has 0 N–H and O–H groups in total. The Morgan fingerprint density at radius 2 is 1.00 bits per heavy atom.